The van der Waals surface area contributed by atoms with Crippen molar-refractivity contribution in [3.05, 3.63) is 41.5 Å². The summed E-state index contributed by atoms with van der Waals surface area (Å²) in [4.78, 5) is 25.5. The Morgan fingerprint density at radius 1 is 1.41 bits per heavy atom. The summed E-state index contributed by atoms with van der Waals surface area (Å²) in [5.74, 6) is 1.89. The van der Waals surface area contributed by atoms with Gasteiger partial charge in [0.1, 0.15) is 11.6 Å². The molecule has 0 aliphatic carbocycles. The highest BCUT2D eigenvalue weighted by molar-refractivity contribution is 5.95. The molecule has 1 aliphatic rings. The molecule has 1 unspecified atom stereocenters. The van der Waals surface area contributed by atoms with Gasteiger partial charge in [-0.25, -0.2) is 15.0 Å². The number of rotatable bonds is 3. The Morgan fingerprint density at radius 3 is 3.00 bits per heavy atom. The van der Waals surface area contributed by atoms with Crippen molar-refractivity contribution in [3.63, 3.8) is 0 Å². The van der Waals surface area contributed by atoms with E-state index in [1.54, 1.807) is 6.20 Å². The molecule has 0 aromatic carbocycles. The third-order valence-electron chi connectivity index (χ3n) is 4.00. The van der Waals surface area contributed by atoms with Crippen molar-refractivity contribution in [2.75, 3.05) is 0 Å². The minimum absolute atomic E-state index is 0.0859. The number of carbonyl (C=O) groups is 1. The van der Waals surface area contributed by atoms with Crippen LogP contribution >= 0.6 is 0 Å². The molecular weight excluding hydrogens is 278 g/mol. The smallest absolute Gasteiger partial charge is 0.254 e. The monoisotopic (exact) mass is 299 g/mol. The molecule has 6 heteroatoms. The van der Waals surface area contributed by atoms with Crippen LogP contribution in [0.25, 0.3) is 0 Å². The number of imidazole rings is 1. The molecule has 2 aromatic heterocycles. The maximum atomic E-state index is 12.6. The average molecular weight is 299 g/mol. The van der Waals surface area contributed by atoms with Crippen molar-refractivity contribution >= 4 is 5.91 Å². The maximum absolute atomic E-state index is 12.6. The number of aryl methyl sites for hydroxylation is 2. The lowest BCUT2D eigenvalue weighted by molar-refractivity contribution is 0.0925. The Bertz CT molecular complexity index is 692. The van der Waals surface area contributed by atoms with Gasteiger partial charge in [-0.05, 0) is 19.3 Å². The van der Waals surface area contributed by atoms with Gasteiger partial charge in [-0.15, -0.1) is 0 Å². The van der Waals surface area contributed by atoms with E-state index in [0.29, 0.717) is 11.4 Å². The van der Waals surface area contributed by atoms with Crippen LogP contribution < -0.4 is 5.32 Å². The van der Waals surface area contributed by atoms with Crippen molar-refractivity contribution in [2.24, 2.45) is 0 Å². The highest BCUT2D eigenvalue weighted by atomic mass is 16.1. The van der Waals surface area contributed by atoms with Crippen LogP contribution in [-0.2, 0) is 13.0 Å². The predicted molar refractivity (Wildman–Crippen MR) is 82.7 cm³/mol. The summed E-state index contributed by atoms with van der Waals surface area (Å²) in [6, 6.07) is 0.121. The summed E-state index contributed by atoms with van der Waals surface area (Å²) in [6.07, 6.45) is 7.21. The molecule has 2 aromatic rings. The maximum Gasteiger partial charge on any atom is 0.254 e. The minimum Gasteiger partial charge on any atom is -0.347 e. The van der Waals surface area contributed by atoms with Crippen LogP contribution in [0.3, 0.4) is 0 Å². The van der Waals surface area contributed by atoms with Crippen LogP contribution in [0.5, 0.6) is 0 Å². The number of nitrogens with zero attached hydrogens (tertiary/aromatic N) is 4. The van der Waals surface area contributed by atoms with Crippen molar-refractivity contribution < 1.29 is 4.79 Å². The van der Waals surface area contributed by atoms with Crippen molar-refractivity contribution in [1.82, 2.24) is 24.8 Å². The summed E-state index contributed by atoms with van der Waals surface area (Å²) in [5, 5.41) is 3.11. The molecule has 1 amide bonds. The van der Waals surface area contributed by atoms with Gasteiger partial charge in [-0.2, -0.15) is 0 Å². The number of aromatic nitrogens is 4. The third-order valence-corrected chi connectivity index (χ3v) is 4.00. The summed E-state index contributed by atoms with van der Waals surface area (Å²) < 4.78 is 2.10. The van der Waals surface area contributed by atoms with E-state index in [2.05, 4.69) is 24.8 Å². The third kappa shape index (κ3) is 2.86. The van der Waals surface area contributed by atoms with Gasteiger partial charge in [0.2, 0.25) is 0 Å². The number of hydrogen-bond donors (Lipinski definition) is 1. The lowest BCUT2D eigenvalue weighted by Gasteiger charge is -2.25. The Hall–Kier alpha value is -2.24. The van der Waals surface area contributed by atoms with E-state index in [9.17, 15) is 4.79 Å². The Balaban J connectivity index is 1.76. The molecular formula is C16H21N5O. The second-order valence-corrected chi connectivity index (χ2v) is 6.08. The summed E-state index contributed by atoms with van der Waals surface area (Å²) in [7, 11) is 0. The van der Waals surface area contributed by atoms with Gasteiger partial charge in [0.05, 0.1) is 11.3 Å². The molecule has 0 saturated carbocycles. The van der Waals surface area contributed by atoms with E-state index >= 15 is 0 Å². The fraction of sp³-hybridized carbons (Fsp3) is 0.500. The zero-order chi connectivity index (χ0) is 15.7. The van der Waals surface area contributed by atoms with E-state index < -0.39 is 0 Å². The molecule has 0 spiro atoms. The van der Waals surface area contributed by atoms with Crippen LogP contribution in [0.2, 0.25) is 0 Å². The van der Waals surface area contributed by atoms with Crippen LogP contribution in [0.1, 0.15) is 53.9 Å². The largest absolute Gasteiger partial charge is 0.347 e. The van der Waals surface area contributed by atoms with Crippen LogP contribution in [0, 0.1) is 6.92 Å². The lowest BCUT2D eigenvalue weighted by Crippen LogP contribution is -2.41. The number of amides is 1. The highest BCUT2D eigenvalue weighted by Crippen LogP contribution is 2.18. The second-order valence-electron chi connectivity index (χ2n) is 6.08. The van der Waals surface area contributed by atoms with Gasteiger partial charge < -0.3 is 9.88 Å². The summed E-state index contributed by atoms with van der Waals surface area (Å²) >= 11 is 0. The molecule has 1 N–H and O–H groups in total. The second kappa shape index (κ2) is 5.87. The fourth-order valence-corrected chi connectivity index (χ4v) is 2.85. The molecule has 22 heavy (non-hydrogen) atoms. The average Bonchev–Trinajstić information content (AvgIpc) is 2.94. The first-order valence-electron chi connectivity index (χ1n) is 7.69. The highest BCUT2D eigenvalue weighted by Gasteiger charge is 2.23. The van der Waals surface area contributed by atoms with Gasteiger partial charge >= 0.3 is 0 Å². The molecule has 1 atom stereocenters. The number of hydrogen-bond acceptors (Lipinski definition) is 4. The van der Waals surface area contributed by atoms with Crippen LogP contribution in [0.15, 0.2) is 18.6 Å². The van der Waals surface area contributed by atoms with E-state index in [-0.39, 0.29) is 17.9 Å². The standard InChI is InChI=1S/C16H21N5O/c1-10(2)15-13(8-18-11(3)19-15)16(22)20-12-4-5-14-17-6-7-21(14)9-12/h6-8,10,12H,4-5,9H2,1-3H3,(H,20,22). The molecule has 0 radical (unpaired) electrons. The van der Waals surface area contributed by atoms with Crippen LogP contribution in [-0.4, -0.2) is 31.5 Å². The number of nitrogens with one attached hydrogen (secondary N) is 1. The van der Waals surface area contributed by atoms with E-state index in [1.165, 1.54) is 0 Å². The van der Waals surface area contributed by atoms with E-state index in [4.69, 9.17) is 0 Å². The van der Waals surface area contributed by atoms with Crippen molar-refractivity contribution in [3.8, 4) is 0 Å². The molecule has 116 valence electrons. The van der Waals surface area contributed by atoms with E-state index in [0.717, 1.165) is 30.9 Å². The zero-order valence-electron chi connectivity index (χ0n) is 13.2. The van der Waals surface area contributed by atoms with Gasteiger partial charge in [0.15, 0.2) is 0 Å². The normalized spacial score (nSPS) is 17.4. The number of carbonyl (C=O) groups excluding carboxylic acids is 1. The quantitative estimate of drug-likeness (QED) is 0.938. The lowest BCUT2D eigenvalue weighted by atomic mass is 10.0. The SMILES string of the molecule is Cc1ncc(C(=O)NC2CCc3nccn3C2)c(C(C)C)n1. The first-order chi connectivity index (χ1) is 10.5. The molecule has 0 fully saturated rings. The first-order valence-corrected chi connectivity index (χ1v) is 7.69. The summed E-state index contributed by atoms with van der Waals surface area (Å²) in [6.45, 7) is 6.69. The Morgan fingerprint density at radius 2 is 2.23 bits per heavy atom. The minimum atomic E-state index is -0.0859. The number of fused-ring (bicyclic) bond motifs is 1. The molecule has 0 bridgehead atoms. The Labute approximate surface area is 130 Å². The zero-order valence-corrected chi connectivity index (χ0v) is 13.2. The van der Waals surface area contributed by atoms with Crippen LogP contribution in [0.4, 0.5) is 0 Å². The first kappa shape index (κ1) is 14.7. The molecule has 6 nitrogen and oxygen atoms in total. The summed E-state index contributed by atoms with van der Waals surface area (Å²) in [5.41, 5.74) is 1.39. The fourth-order valence-electron chi connectivity index (χ4n) is 2.85. The van der Waals surface area contributed by atoms with Crippen molar-refractivity contribution in [2.45, 2.75) is 52.1 Å². The molecule has 0 saturated heterocycles. The van der Waals surface area contributed by atoms with Crippen molar-refractivity contribution in [1.29, 1.82) is 0 Å². The van der Waals surface area contributed by atoms with Gasteiger partial charge in [-0.3, -0.25) is 4.79 Å². The van der Waals surface area contributed by atoms with E-state index in [1.807, 2.05) is 33.2 Å². The molecule has 3 rings (SSSR count). The van der Waals surface area contributed by atoms with Gasteiger partial charge in [-0.1, -0.05) is 13.8 Å². The Kier molecular flexibility index (Phi) is 3.92. The topological polar surface area (TPSA) is 72.7 Å². The van der Waals surface area contributed by atoms with Gasteiger partial charge in [0, 0.05) is 37.6 Å². The van der Waals surface area contributed by atoms with Gasteiger partial charge in [0.25, 0.3) is 5.91 Å². The molecule has 1 aliphatic heterocycles. The predicted octanol–water partition coefficient (Wildman–Crippen LogP) is 1.85. The molecule has 3 heterocycles.